The number of hydrogen-bond acceptors (Lipinski definition) is 8. The molecule has 0 aromatic carbocycles. The van der Waals surface area contributed by atoms with Crippen LogP contribution in [0.5, 0.6) is 0 Å². The van der Waals surface area contributed by atoms with Crippen molar-refractivity contribution in [1.82, 2.24) is 24.5 Å². The first-order valence-corrected chi connectivity index (χ1v) is 9.55. The molecule has 2 aromatic heterocycles. The van der Waals surface area contributed by atoms with Crippen molar-refractivity contribution in [3.63, 3.8) is 0 Å². The highest BCUT2D eigenvalue weighted by Crippen LogP contribution is 2.20. The Balaban J connectivity index is 2.31. The molecule has 0 aliphatic heterocycles. The van der Waals surface area contributed by atoms with Gasteiger partial charge in [-0.25, -0.2) is 32.7 Å². The standard InChI is InChI=1S/C16H20N6O5S/c1-6-7-27-14(23)12-13(11(4)20-22(12)5)28(25,26)21-16(24)19-15-17-9(2)8-10(3)18-15/h6-8H,1-5H3,(H2,17,18,19,21,24)/b7-6-. The minimum atomic E-state index is -4.44. The van der Waals surface area contributed by atoms with Crippen LogP contribution in [0, 0.1) is 20.8 Å². The number of aromatic nitrogens is 4. The minimum Gasteiger partial charge on any atom is -0.430 e. The molecule has 28 heavy (non-hydrogen) atoms. The summed E-state index contributed by atoms with van der Waals surface area (Å²) in [5.41, 5.74) is 0.905. The lowest BCUT2D eigenvalue weighted by Gasteiger charge is -2.09. The maximum absolute atomic E-state index is 12.7. The maximum atomic E-state index is 12.7. The minimum absolute atomic E-state index is 0.0258. The van der Waals surface area contributed by atoms with Crippen molar-refractivity contribution in [2.24, 2.45) is 7.05 Å². The van der Waals surface area contributed by atoms with Gasteiger partial charge in [-0.3, -0.25) is 10.00 Å². The summed E-state index contributed by atoms with van der Waals surface area (Å²) in [5.74, 6) is -0.986. The quantitative estimate of drug-likeness (QED) is 0.557. The van der Waals surface area contributed by atoms with Gasteiger partial charge in [-0.2, -0.15) is 5.10 Å². The van der Waals surface area contributed by atoms with Crippen molar-refractivity contribution in [1.29, 1.82) is 0 Å². The Labute approximate surface area is 161 Å². The fraction of sp³-hybridized carbons (Fsp3) is 0.312. The molecule has 0 radical (unpaired) electrons. The van der Waals surface area contributed by atoms with E-state index in [0.717, 1.165) is 10.9 Å². The van der Waals surface area contributed by atoms with E-state index in [1.807, 2.05) is 4.72 Å². The van der Waals surface area contributed by atoms with Crippen LogP contribution in [-0.4, -0.2) is 40.2 Å². The summed E-state index contributed by atoms with van der Waals surface area (Å²) in [6, 6.07) is 0.614. The molecule has 0 fully saturated rings. The molecule has 0 aliphatic carbocycles. The topological polar surface area (TPSA) is 145 Å². The third kappa shape index (κ3) is 4.71. The predicted molar refractivity (Wildman–Crippen MR) is 99.0 cm³/mol. The zero-order chi connectivity index (χ0) is 21.1. The van der Waals surface area contributed by atoms with Crippen molar-refractivity contribution < 1.29 is 22.7 Å². The number of nitrogens with one attached hydrogen (secondary N) is 2. The van der Waals surface area contributed by atoms with Crippen LogP contribution in [0.15, 0.2) is 23.3 Å². The van der Waals surface area contributed by atoms with Gasteiger partial charge in [-0.1, -0.05) is 6.08 Å². The van der Waals surface area contributed by atoms with Gasteiger partial charge in [0.1, 0.15) is 4.90 Å². The van der Waals surface area contributed by atoms with Crippen molar-refractivity contribution in [3.8, 4) is 0 Å². The van der Waals surface area contributed by atoms with Crippen molar-refractivity contribution >= 4 is 28.0 Å². The average molecular weight is 408 g/mol. The molecule has 2 heterocycles. The molecule has 0 bridgehead atoms. The number of nitrogens with zero attached hydrogens (tertiary/aromatic N) is 4. The molecular formula is C16H20N6O5S. The van der Waals surface area contributed by atoms with E-state index in [9.17, 15) is 18.0 Å². The van der Waals surface area contributed by atoms with Crippen LogP contribution in [-0.2, 0) is 21.8 Å². The number of allylic oxidation sites excluding steroid dienone is 1. The van der Waals surface area contributed by atoms with Crippen molar-refractivity contribution in [2.45, 2.75) is 32.6 Å². The lowest BCUT2D eigenvalue weighted by atomic mass is 10.3. The second-order valence-electron chi connectivity index (χ2n) is 5.80. The number of ether oxygens (including phenoxy) is 1. The third-order valence-electron chi connectivity index (χ3n) is 3.38. The Morgan fingerprint density at radius 1 is 1.18 bits per heavy atom. The smallest absolute Gasteiger partial charge is 0.362 e. The molecular weight excluding hydrogens is 388 g/mol. The Morgan fingerprint density at radius 3 is 2.36 bits per heavy atom. The fourth-order valence-corrected chi connectivity index (χ4v) is 3.75. The fourth-order valence-electron chi connectivity index (χ4n) is 2.45. The first-order valence-electron chi connectivity index (χ1n) is 8.07. The largest absolute Gasteiger partial charge is 0.430 e. The second-order valence-corrected chi connectivity index (χ2v) is 7.41. The highest BCUT2D eigenvalue weighted by atomic mass is 32.2. The van der Waals surface area contributed by atoms with Crippen LogP contribution >= 0.6 is 0 Å². The first-order chi connectivity index (χ1) is 13.0. The maximum Gasteiger partial charge on any atom is 0.362 e. The highest BCUT2D eigenvalue weighted by Gasteiger charge is 2.32. The van der Waals surface area contributed by atoms with Gasteiger partial charge >= 0.3 is 12.0 Å². The molecule has 2 aromatic rings. The zero-order valence-electron chi connectivity index (χ0n) is 16.0. The zero-order valence-corrected chi connectivity index (χ0v) is 16.8. The lowest BCUT2D eigenvalue weighted by Crippen LogP contribution is -2.36. The average Bonchev–Trinajstić information content (AvgIpc) is 2.86. The van der Waals surface area contributed by atoms with Crippen LogP contribution in [0.25, 0.3) is 0 Å². The summed E-state index contributed by atoms with van der Waals surface area (Å²) in [7, 11) is -3.05. The Morgan fingerprint density at radius 2 is 1.79 bits per heavy atom. The third-order valence-corrected chi connectivity index (χ3v) is 4.86. The van der Waals surface area contributed by atoms with E-state index in [4.69, 9.17) is 4.74 Å². The van der Waals surface area contributed by atoms with E-state index in [-0.39, 0.29) is 17.3 Å². The van der Waals surface area contributed by atoms with Crippen LogP contribution in [0.4, 0.5) is 10.7 Å². The Hall–Kier alpha value is -3.28. The van der Waals surface area contributed by atoms with Gasteiger partial charge in [0.05, 0.1) is 12.0 Å². The van der Waals surface area contributed by atoms with E-state index < -0.39 is 26.9 Å². The molecule has 11 nitrogen and oxygen atoms in total. The number of carbonyl (C=O) groups excluding carboxylic acids is 2. The van der Waals surface area contributed by atoms with Crippen LogP contribution in [0.2, 0.25) is 0 Å². The normalized spacial score (nSPS) is 11.5. The Bertz CT molecular complexity index is 1040. The van der Waals surface area contributed by atoms with Gasteiger partial charge in [-0.15, -0.1) is 0 Å². The number of anilines is 1. The number of amides is 2. The molecule has 2 rings (SSSR count). The summed E-state index contributed by atoms with van der Waals surface area (Å²) in [5, 5.41) is 6.19. The molecule has 0 saturated heterocycles. The lowest BCUT2D eigenvalue weighted by molar-refractivity contribution is 0.0646. The molecule has 12 heteroatoms. The molecule has 0 saturated carbocycles. The van der Waals surface area contributed by atoms with E-state index >= 15 is 0 Å². The number of esters is 1. The van der Waals surface area contributed by atoms with E-state index in [1.54, 1.807) is 26.8 Å². The number of sulfonamides is 1. The number of hydrogen-bond donors (Lipinski definition) is 2. The van der Waals surface area contributed by atoms with Gasteiger partial charge in [0.2, 0.25) is 5.95 Å². The van der Waals surface area contributed by atoms with Crippen molar-refractivity contribution in [2.75, 3.05) is 5.32 Å². The molecule has 0 spiro atoms. The number of rotatable bonds is 5. The Kier molecular flexibility index (Phi) is 6.13. The van der Waals surface area contributed by atoms with Gasteiger partial charge < -0.3 is 4.74 Å². The summed E-state index contributed by atoms with van der Waals surface area (Å²) in [4.78, 5) is 31.9. The molecule has 0 atom stereocenters. The summed E-state index contributed by atoms with van der Waals surface area (Å²) in [6.07, 6.45) is 2.57. The molecule has 0 aliphatic rings. The summed E-state index contributed by atoms with van der Waals surface area (Å²) >= 11 is 0. The monoisotopic (exact) mass is 408 g/mol. The predicted octanol–water partition coefficient (Wildman–Crippen LogP) is 1.34. The summed E-state index contributed by atoms with van der Waals surface area (Å²) < 4.78 is 33.2. The van der Waals surface area contributed by atoms with Gasteiger partial charge in [0.25, 0.3) is 10.0 Å². The molecule has 150 valence electrons. The number of aryl methyl sites for hydroxylation is 4. The van der Waals surface area contributed by atoms with E-state index in [0.29, 0.717) is 11.4 Å². The van der Waals surface area contributed by atoms with Gasteiger partial charge in [0, 0.05) is 18.4 Å². The van der Waals surface area contributed by atoms with E-state index in [2.05, 4.69) is 20.4 Å². The summed E-state index contributed by atoms with van der Waals surface area (Å²) in [6.45, 7) is 6.43. The molecule has 2 N–H and O–H groups in total. The van der Waals surface area contributed by atoms with Gasteiger partial charge in [-0.05, 0) is 33.8 Å². The van der Waals surface area contributed by atoms with Gasteiger partial charge in [0.15, 0.2) is 5.69 Å². The van der Waals surface area contributed by atoms with Crippen LogP contribution in [0.1, 0.15) is 34.5 Å². The molecule has 0 unspecified atom stereocenters. The highest BCUT2D eigenvalue weighted by molar-refractivity contribution is 7.90. The van der Waals surface area contributed by atoms with E-state index in [1.165, 1.54) is 20.0 Å². The number of carbonyl (C=O) groups is 2. The SMILES string of the molecule is C/C=C\OC(=O)c1c(S(=O)(=O)NC(=O)Nc2nc(C)cc(C)n2)c(C)nn1C. The van der Waals surface area contributed by atoms with Crippen molar-refractivity contribution in [3.05, 3.63) is 41.2 Å². The number of urea groups is 1. The molecule has 2 amide bonds. The first kappa shape index (κ1) is 21.0. The second kappa shape index (κ2) is 8.17. The van der Waals surface area contributed by atoms with Crippen LogP contribution < -0.4 is 10.0 Å². The van der Waals surface area contributed by atoms with Crippen LogP contribution in [0.3, 0.4) is 0 Å².